The van der Waals surface area contributed by atoms with Gasteiger partial charge < -0.3 is 5.11 Å². The number of para-hydroxylation sites is 1. The summed E-state index contributed by atoms with van der Waals surface area (Å²) in [5.74, 6) is -1.52. The summed E-state index contributed by atoms with van der Waals surface area (Å²) in [5.41, 5.74) is 0.724. The minimum atomic E-state index is -4.29. The van der Waals surface area contributed by atoms with E-state index in [1.54, 1.807) is 12.1 Å². The number of aliphatic hydroxyl groups excluding tert-OH is 1. The van der Waals surface area contributed by atoms with Crippen molar-refractivity contribution in [1.29, 1.82) is 0 Å². The molecule has 18 heavy (non-hydrogen) atoms. The highest BCUT2D eigenvalue weighted by Crippen LogP contribution is 2.33. The Morgan fingerprint density at radius 3 is 2.61 bits per heavy atom. The minimum absolute atomic E-state index is 0.163. The molecule has 0 unspecified atom stereocenters. The van der Waals surface area contributed by atoms with E-state index in [-0.39, 0.29) is 12.8 Å². The Morgan fingerprint density at radius 1 is 1.28 bits per heavy atom. The maximum absolute atomic E-state index is 12.7. The van der Waals surface area contributed by atoms with Gasteiger partial charge in [-0.2, -0.15) is 13.2 Å². The Hall–Kier alpha value is -1.14. The highest BCUT2D eigenvalue weighted by Gasteiger charge is 2.39. The van der Waals surface area contributed by atoms with Gasteiger partial charge in [0, 0.05) is 13.0 Å². The molecule has 1 atom stereocenters. The zero-order valence-electron chi connectivity index (χ0n) is 9.44. The van der Waals surface area contributed by atoms with Crippen LogP contribution in [0.1, 0.15) is 11.4 Å². The molecule has 0 aliphatic carbocycles. The molecule has 2 aromatic rings. The number of nitrogens with zero attached hydrogens (tertiary/aromatic N) is 1. The topological polar surface area (TPSA) is 33.1 Å². The molecule has 0 amide bonds. The number of thiazole rings is 1. The zero-order valence-corrected chi connectivity index (χ0v) is 10.3. The van der Waals surface area contributed by atoms with Crippen molar-refractivity contribution in [2.75, 3.05) is 6.61 Å². The average Bonchev–Trinajstić information content (AvgIpc) is 2.69. The van der Waals surface area contributed by atoms with Crippen molar-refractivity contribution in [3.8, 4) is 0 Å². The van der Waals surface area contributed by atoms with E-state index in [0.717, 1.165) is 10.2 Å². The van der Waals surface area contributed by atoms with Crippen molar-refractivity contribution in [3.63, 3.8) is 0 Å². The molecular formula is C12H12F3NOS. The highest BCUT2D eigenvalue weighted by molar-refractivity contribution is 7.18. The summed E-state index contributed by atoms with van der Waals surface area (Å²) in [5, 5.41) is 9.17. The molecular weight excluding hydrogens is 263 g/mol. The van der Waals surface area contributed by atoms with Crippen molar-refractivity contribution in [3.05, 3.63) is 29.3 Å². The molecule has 0 spiro atoms. The maximum Gasteiger partial charge on any atom is 0.392 e. The lowest BCUT2D eigenvalue weighted by atomic mass is 10.0. The first-order valence-corrected chi connectivity index (χ1v) is 6.34. The number of alkyl halides is 3. The molecule has 1 heterocycles. The van der Waals surface area contributed by atoms with Crippen LogP contribution in [0.25, 0.3) is 10.2 Å². The molecule has 2 rings (SSSR count). The van der Waals surface area contributed by atoms with Crippen molar-refractivity contribution in [2.24, 2.45) is 5.92 Å². The van der Waals surface area contributed by atoms with E-state index in [2.05, 4.69) is 4.98 Å². The molecule has 1 aromatic heterocycles. The van der Waals surface area contributed by atoms with Crippen LogP contribution < -0.4 is 0 Å². The summed E-state index contributed by atoms with van der Waals surface area (Å²) in [6.45, 7) is -0.463. The van der Waals surface area contributed by atoms with Gasteiger partial charge in [-0.15, -0.1) is 11.3 Å². The van der Waals surface area contributed by atoms with Crippen LogP contribution in [0.4, 0.5) is 13.2 Å². The Bertz CT molecular complexity index is 490. The third-order valence-corrected chi connectivity index (χ3v) is 3.76. The van der Waals surface area contributed by atoms with Gasteiger partial charge >= 0.3 is 6.18 Å². The fourth-order valence-corrected chi connectivity index (χ4v) is 2.80. The van der Waals surface area contributed by atoms with Gasteiger partial charge in [0.2, 0.25) is 0 Å². The largest absolute Gasteiger partial charge is 0.396 e. The van der Waals surface area contributed by atoms with E-state index >= 15 is 0 Å². The number of aromatic nitrogens is 1. The van der Waals surface area contributed by atoms with Gasteiger partial charge in [-0.05, 0) is 18.6 Å². The van der Waals surface area contributed by atoms with Crippen molar-refractivity contribution in [1.82, 2.24) is 4.98 Å². The molecule has 0 aliphatic heterocycles. The molecule has 0 aliphatic rings. The quantitative estimate of drug-likeness (QED) is 0.927. The monoisotopic (exact) mass is 275 g/mol. The molecule has 0 saturated heterocycles. The molecule has 0 fully saturated rings. The number of halogens is 3. The minimum Gasteiger partial charge on any atom is -0.396 e. The lowest BCUT2D eigenvalue weighted by Crippen LogP contribution is -2.26. The van der Waals surface area contributed by atoms with Gasteiger partial charge in [-0.25, -0.2) is 4.98 Å². The first kappa shape index (κ1) is 13.3. The molecule has 0 saturated carbocycles. The van der Waals surface area contributed by atoms with Gasteiger partial charge in [0.1, 0.15) is 0 Å². The van der Waals surface area contributed by atoms with Crippen molar-refractivity contribution < 1.29 is 18.3 Å². The van der Waals surface area contributed by atoms with Crippen LogP contribution in [0.3, 0.4) is 0 Å². The van der Waals surface area contributed by atoms with Crippen LogP contribution in [0, 0.1) is 5.92 Å². The summed E-state index contributed by atoms with van der Waals surface area (Å²) in [4.78, 5) is 4.19. The van der Waals surface area contributed by atoms with Gasteiger partial charge in [0.25, 0.3) is 0 Å². The Morgan fingerprint density at radius 2 is 2.00 bits per heavy atom. The van der Waals surface area contributed by atoms with Gasteiger partial charge in [0.15, 0.2) is 0 Å². The first-order valence-electron chi connectivity index (χ1n) is 5.52. The molecule has 98 valence electrons. The lowest BCUT2D eigenvalue weighted by Gasteiger charge is -2.17. The number of hydrogen-bond acceptors (Lipinski definition) is 3. The van der Waals surface area contributed by atoms with Crippen LogP contribution in [0.2, 0.25) is 0 Å². The summed E-state index contributed by atoms with van der Waals surface area (Å²) in [7, 11) is 0. The van der Waals surface area contributed by atoms with Crippen molar-refractivity contribution >= 4 is 21.6 Å². The summed E-state index contributed by atoms with van der Waals surface area (Å²) >= 11 is 1.27. The second-order valence-corrected chi connectivity index (χ2v) is 5.15. The smallest absolute Gasteiger partial charge is 0.392 e. The molecule has 1 aromatic carbocycles. The van der Waals surface area contributed by atoms with E-state index in [0.29, 0.717) is 5.01 Å². The normalized spacial score (nSPS) is 14.0. The van der Waals surface area contributed by atoms with Gasteiger partial charge in [-0.3, -0.25) is 0 Å². The van der Waals surface area contributed by atoms with E-state index in [1.165, 1.54) is 11.3 Å². The fourth-order valence-electron chi connectivity index (χ4n) is 1.76. The van der Waals surface area contributed by atoms with Crippen LogP contribution in [-0.4, -0.2) is 22.9 Å². The van der Waals surface area contributed by atoms with E-state index in [1.807, 2.05) is 12.1 Å². The second-order valence-electron chi connectivity index (χ2n) is 4.03. The van der Waals surface area contributed by atoms with E-state index in [4.69, 9.17) is 5.11 Å². The van der Waals surface area contributed by atoms with Crippen LogP contribution in [-0.2, 0) is 6.42 Å². The highest BCUT2D eigenvalue weighted by atomic mass is 32.1. The number of fused-ring (bicyclic) bond motifs is 1. The number of benzene rings is 1. The molecule has 0 bridgehead atoms. The molecule has 2 nitrogen and oxygen atoms in total. The predicted octanol–water partition coefficient (Wildman–Crippen LogP) is 3.40. The average molecular weight is 275 g/mol. The Kier molecular flexibility index (Phi) is 3.87. The summed E-state index contributed by atoms with van der Waals surface area (Å²) in [6, 6.07) is 7.26. The Labute approximate surface area is 106 Å². The van der Waals surface area contributed by atoms with E-state index < -0.39 is 18.7 Å². The number of hydrogen-bond donors (Lipinski definition) is 1. The maximum atomic E-state index is 12.7. The fraction of sp³-hybridized carbons (Fsp3) is 0.417. The predicted molar refractivity (Wildman–Crippen MR) is 64.6 cm³/mol. The first-order chi connectivity index (χ1) is 8.50. The standard InChI is InChI=1S/C12H12F3NOS/c13-12(14,15)8(5-6-17)7-11-16-9-3-1-2-4-10(9)18-11/h1-4,8,17H,5-7H2/t8-/m1/s1. The van der Waals surface area contributed by atoms with Gasteiger partial charge in [0.05, 0.1) is 21.1 Å². The SMILES string of the molecule is OCC[C@H](Cc1nc2ccccc2s1)C(F)(F)F. The molecule has 6 heteroatoms. The van der Waals surface area contributed by atoms with Crippen LogP contribution >= 0.6 is 11.3 Å². The third-order valence-electron chi connectivity index (χ3n) is 2.70. The zero-order chi connectivity index (χ0) is 13.2. The van der Waals surface area contributed by atoms with Crippen molar-refractivity contribution in [2.45, 2.75) is 19.0 Å². The molecule has 1 N–H and O–H groups in total. The molecule has 0 radical (unpaired) electrons. The van der Waals surface area contributed by atoms with E-state index in [9.17, 15) is 13.2 Å². The summed E-state index contributed by atoms with van der Waals surface area (Å²) < 4.78 is 39.0. The summed E-state index contributed by atoms with van der Waals surface area (Å²) in [6.07, 6.45) is -4.73. The lowest BCUT2D eigenvalue weighted by molar-refractivity contribution is -0.177. The van der Waals surface area contributed by atoms with Gasteiger partial charge in [-0.1, -0.05) is 12.1 Å². The van der Waals surface area contributed by atoms with Crippen LogP contribution in [0.5, 0.6) is 0 Å². The Balaban J connectivity index is 2.20. The van der Waals surface area contributed by atoms with Crippen LogP contribution in [0.15, 0.2) is 24.3 Å². The second kappa shape index (κ2) is 5.24. The third kappa shape index (κ3) is 3.00. The number of aliphatic hydroxyl groups is 1. The number of rotatable bonds is 4.